The van der Waals surface area contributed by atoms with Crippen molar-refractivity contribution in [1.82, 2.24) is 4.90 Å². The summed E-state index contributed by atoms with van der Waals surface area (Å²) in [5, 5.41) is 2.63. The number of rotatable bonds is 4. The van der Waals surface area contributed by atoms with Crippen LogP contribution in [0.1, 0.15) is 13.8 Å². The highest BCUT2D eigenvalue weighted by molar-refractivity contribution is 9.10. The fourth-order valence-corrected chi connectivity index (χ4v) is 2.97. The summed E-state index contributed by atoms with van der Waals surface area (Å²) in [6.07, 6.45) is -0.314. The number of carbonyl (C=O) groups excluding carboxylic acids is 2. The summed E-state index contributed by atoms with van der Waals surface area (Å²) in [5.41, 5.74) is 0.166. The number of benzene rings is 1. The predicted molar refractivity (Wildman–Crippen MR) is 91.5 cm³/mol. The molecular weight excluding hydrogens is 381 g/mol. The van der Waals surface area contributed by atoms with Crippen molar-refractivity contribution in [2.45, 2.75) is 19.9 Å². The van der Waals surface area contributed by atoms with Gasteiger partial charge in [-0.05, 0) is 32.0 Å². The molecule has 132 valence electrons. The first-order valence-corrected chi connectivity index (χ1v) is 8.74. The SMILES string of the molecule is CCOC(=O)N1CC[NH+]([C@@H](C)C(=O)Nc2ccc(Br)cc2F)CC1. The number of quaternary nitrogens is 1. The molecule has 1 aromatic carbocycles. The highest BCUT2D eigenvalue weighted by Gasteiger charge is 2.31. The van der Waals surface area contributed by atoms with Crippen molar-refractivity contribution in [3.8, 4) is 0 Å². The molecule has 0 aliphatic carbocycles. The zero-order valence-corrected chi connectivity index (χ0v) is 15.4. The van der Waals surface area contributed by atoms with Gasteiger partial charge in [-0.2, -0.15) is 0 Å². The minimum absolute atomic E-state index is 0.166. The normalized spacial score (nSPS) is 16.6. The summed E-state index contributed by atoms with van der Waals surface area (Å²) in [7, 11) is 0. The summed E-state index contributed by atoms with van der Waals surface area (Å²) in [4.78, 5) is 26.7. The van der Waals surface area contributed by atoms with Gasteiger partial charge in [0.25, 0.3) is 5.91 Å². The Bertz CT molecular complexity index is 606. The van der Waals surface area contributed by atoms with E-state index in [0.29, 0.717) is 37.3 Å². The molecule has 2 amide bonds. The molecule has 2 N–H and O–H groups in total. The second-order valence-corrected chi connectivity index (χ2v) is 6.59. The zero-order chi connectivity index (χ0) is 17.7. The van der Waals surface area contributed by atoms with E-state index in [9.17, 15) is 14.0 Å². The average molecular weight is 403 g/mol. The maximum atomic E-state index is 13.8. The second-order valence-electron chi connectivity index (χ2n) is 5.68. The van der Waals surface area contributed by atoms with Gasteiger partial charge in [0, 0.05) is 4.47 Å². The van der Waals surface area contributed by atoms with Crippen LogP contribution in [0.4, 0.5) is 14.9 Å². The van der Waals surface area contributed by atoms with Gasteiger partial charge in [0.05, 0.1) is 38.5 Å². The molecule has 0 radical (unpaired) electrons. The van der Waals surface area contributed by atoms with Crippen LogP contribution in [-0.2, 0) is 9.53 Å². The minimum atomic E-state index is -0.480. The number of nitrogens with one attached hydrogen (secondary N) is 2. The van der Waals surface area contributed by atoms with E-state index in [4.69, 9.17) is 4.74 Å². The van der Waals surface area contributed by atoms with E-state index in [1.54, 1.807) is 24.8 Å². The Morgan fingerprint density at radius 2 is 2.08 bits per heavy atom. The van der Waals surface area contributed by atoms with Crippen LogP contribution >= 0.6 is 15.9 Å². The first kappa shape index (κ1) is 18.7. The first-order valence-electron chi connectivity index (χ1n) is 7.94. The quantitative estimate of drug-likeness (QED) is 0.796. The van der Waals surface area contributed by atoms with Gasteiger partial charge in [0.15, 0.2) is 6.04 Å². The molecule has 1 heterocycles. The molecule has 1 fully saturated rings. The molecule has 1 saturated heterocycles. The molecular formula is C16H22BrFN3O3+. The smallest absolute Gasteiger partial charge is 0.410 e. The van der Waals surface area contributed by atoms with Gasteiger partial charge in [0.2, 0.25) is 0 Å². The number of carbonyl (C=O) groups is 2. The largest absolute Gasteiger partial charge is 0.450 e. The zero-order valence-electron chi connectivity index (χ0n) is 13.8. The van der Waals surface area contributed by atoms with E-state index in [-0.39, 0.29) is 23.7 Å². The van der Waals surface area contributed by atoms with E-state index in [1.165, 1.54) is 12.1 Å². The molecule has 8 heteroatoms. The van der Waals surface area contributed by atoms with Crippen LogP contribution in [0.5, 0.6) is 0 Å². The van der Waals surface area contributed by atoms with E-state index in [2.05, 4.69) is 21.2 Å². The lowest BCUT2D eigenvalue weighted by atomic mass is 10.2. The van der Waals surface area contributed by atoms with Crippen molar-refractivity contribution in [3.05, 3.63) is 28.5 Å². The van der Waals surface area contributed by atoms with Crippen molar-refractivity contribution < 1.29 is 23.6 Å². The van der Waals surface area contributed by atoms with Crippen LogP contribution < -0.4 is 10.2 Å². The third kappa shape index (κ3) is 4.67. The molecule has 1 atom stereocenters. The molecule has 0 unspecified atom stereocenters. The first-order chi connectivity index (χ1) is 11.4. The van der Waals surface area contributed by atoms with E-state index >= 15 is 0 Å². The Morgan fingerprint density at radius 3 is 2.67 bits per heavy atom. The number of anilines is 1. The summed E-state index contributed by atoms with van der Waals surface area (Å²) < 4.78 is 19.4. The topological polar surface area (TPSA) is 63.1 Å². The molecule has 0 bridgehead atoms. The molecule has 0 saturated carbocycles. The lowest BCUT2D eigenvalue weighted by Crippen LogP contribution is -3.19. The number of hydrogen-bond donors (Lipinski definition) is 2. The third-order valence-electron chi connectivity index (χ3n) is 4.13. The van der Waals surface area contributed by atoms with Gasteiger partial charge in [-0.1, -0.05) is 15.9 Å². The van der Waals surface area contributed by atoms with Crippen molar-refractivity contribution in [3.63, 3.8) is 0 Å². The van der Waals surface area contributed by atoms with E-state index < -0.39 is 5.82 Å². The molecule has 1 aromatic rings. The maximum absolute atomic E-state index is 13.8. The number of halogens is 2. The van der Waals surface area contributed by atoms with Gasteiger partial charge < -0.3 is 15.0 Å². The molecule has 1 aliphatic rings. The molecule has 2 rings (SSSR count). The number of piperazine rings is 1. The fourth-order valence-electron chi connectivity index (χ4n) is 2.64. The van der Waals surface area contributed by atoms with Crippen molar-refractivity contribution in [1.29, 1.82) is 0 Å². The van der Waals surface area contributed by atoms with Crippen LogP contribution in [0.3, 0.4) is 0 Å². The highest BCUT2D eigenvalue weighted by Crippen LogP contribution is 2.19. The standard InChI is InChI=1S/C16H21BrFN3O3/c1-3-24-16(23)21-8-6-20(7-9-21)11(2)15(22)19-14-5-4-12(17)10-13(14)18/h4-5,10-11H,3,6-9H2,1-2H3,(H,19,22)/p+1/t11-/m0/s1. The number of ether oxygens (including phenoxy) is 1. The molecule has 1 aliphatic heterocycles. The van der Waals surface area contributed by atoms with Crippen molar-refractivity contribution >= 4 is 33.6 Å². The van der Waals surface area contributed by atoms with Crippen LogP contribution in [-0.4, -0.2) is 55.7 Å². The van der Waals surface area contributed by atoms with Gasteiger partial charge >= 0.3 is 6.09 Å². The van der Waals surface area contributed by atoms with Crippen molar-refractivity contribution in [2.24, 2.45) is 0 Å². The molecule has 6 nitrogen and oxygen atoms in total. The van der Waals surface area contributed by atoms with Crippen molar-refractivity contribution in [2.75, 3.05) is 38.1 Å². The van der Waals surface area contributed by atoms with Crippen LogP contribution in [0.15, 0.2) is 22.7 Å². The highest BCUT2D eigenvalue weighted by atomic mass is 79.9. The Balaban J connectivity index is 1.89. The molecule has 24 heavy (non-hydrogen) atoms. The lowest BCUT2D eigenvalue weighted by Gasteiger charge is -2.34. The predicted octanol–water partition coefficient (Wildman–Crippen LogP) is 1.27. The summed E-state index contributed by atoms with van der Waals surface area (Å²) >= 11 is 3.18. The Morgan fingerprint density at radius 1 is 1.42 bits per heavy atom. The molecule has 0 aromatic heterocycles. The van der Waals surface area contributed by atoms with Crippen LogP contribution in [0.2, 0.25) is 0 Å². The summed E-state index contributed by atoms with van der Waals surface area (Å²) in [6.45, 7) is 6.31. The number of amides is 2. The monoisotopic (exact) mass is 402 g/mol. The lowest BCUT2D eigenvalue weighted by molar-refractivity contribution is -0.917. The Labute approximate surface area is 149 Å². The van der Waals surface area contributed by atoms with E-state index in [1.807, 2.05) is 0 Å². The Hall–Kier alpha value is -1.67. The van der Waals surface area contributed by atoms with Gasteiger partial charge in [-0.25, -0.2) is 9.18 Å². The molecule has 0 spiro atoms. The summed E-state index contributed by atoms with van der Waals surface area (Å²) in [6, 6.07) is 4.18. The van der Waals surface area contributed by atoms with Gasteiger partial charge in [-0.3, -0.25) is 9.69 Å². The van der Waals surface area contributed by atoms with E-state index in [0.717, 1.165) is 4.90 Å². The number of hydrogen-bond acceptors (Lipinski definition) is 3. The van der Waals surface area contributed by atoms with Gasteiger partial charge in [-0.15, -0.1) is 0 Å². The van der Waals surface area contributed by atoms with Crippen LogP contribution in [0, 0.1) is 5.82 Å². The second kappa shape index (κ2) is 8.43. The summed E-state index contributed by atoms with van der Waals surface area (Å²) in [5.74, 6) is -0.720. The van der Waals surface area contributed by atoms with Crippen LogP contribution in [0.25, 0.3) is 0 Å². The fraction of sp³-hybridized carbons (Fsp3) is 0.500. The average Bonchev–Trinajstić information content (AvgIpc) is 2.57. The maximum Gasteiger partial charge on any atom is 0.410 e. The number of nitrogens with zero attached hydrogens (tertiary/aromatic N) is 1. The Kier molecular flexibility index (Phi) is 6.56. The third-order valence-corrected chi connectivity index (χ3v) is 4.62. The minimum Gasteiger partial charge on any atom is -0.450 e. The van der Waals surface area contributed by atoms with Gasteiger partial charge in [0.1, 0.15) is 5.82 Å².